The summed E-state index contributed by atoms with van der Waals surface area (Å²) in [5.41, 5.74) is 3.01. The Morgan fingerprint density at radius 1 is 1.02 bits per heavy atom. The number of carboxylic acid groups (broad SMARTS) is 1. The van der Waals surface area contributed by atoms with E-state index in [9.17, 15) is 9.90 Å². The molecule has 0 amide bonds. The van der Waals surface area contributed by atoms with Gasteiger partial charge >= 0.3 is 5.97 Å². The van der Waals surface area contributed by atoms with Gasteiger partial charge < -0.3 is 24.0 Å². The summed E-state index contributed by atoms with van der Waals surface area (Å²) < 4.78 is 15.4. The van der Waals surface area contributed by atoms with Crippen LogP contribution in [0.2, 0.25) is 0 Å². The largest absolute Gasteiger partial charge is 0.478 e. The Bertz CT molecular complexity index is 1750. The van der Waals surface area contributed by atoms with Gasteiger partial charge in [-0.3, -0.25) is 0 Å². The topological polar surface area (TPSA) is 103 Å². The molecule has 7 rings (SSSR count). The van der Waals surface area contributed by atoms with Crippen LogP contribution < -0.4 is 9.64 Å². The fourth-order valence-corrected chi connectivity index (χ4v) is 7.21. The number of aromatic nitrogens is 4. The van der Waals surface area contributed by atoms with Crippen molar-refractivity contribution in [3.63, 3.8) is 0 Å². The molecular weight excluding hydrogens is 574 g/mol. The van der Waals surface area contributed by atoms with E-state index in [1.807, 2.05) is 43.3 Å². The normalized spacial score (nSPS) is 19.8. The van der Waals surface area contributed by atoms with Crippen LogP contribution in [0.5, 0.6) is 5.88 Å². The lowest BCUT2D eigenvalue weighted by atomic mass is 9.92. The maximum absolute atomic E-state index is 11.7. The van der Waals surface area contributed by atoms with Crippen LogP contribution in [0, 0.1) is 5.92 Å². The van der Waals surface area contributed by atoms with Crippen LogP contribution in [-0.2, 0) is 17.7 Å². The first-order chi connectivity index (χ1) is 21.5. The Morgan fingerprint density at radius 2 is 1.91 bits per heavy atom. The molecular formula is C34H37N5O4S. The van der Waals surface area contributed by atoms with E-state index in [1.165, 1.54) is 0 Å². The molecule has 2 fully saturated rings. The lowest BCUT2D eigenvalue weighted by Gasteiger charge is -2.30. The van der Waals surface area contributed by atoms with Crippen molar-refractivity contribution in [2.45, 2.75) is 64.2 Å². The van der Waals surface area contributed by atoms with E-state index in [0.717, 1.165) is 96.1 Å². The number of hydrogen-bond donors (Lipinski definition) is 1. The van der Waals surface area contributed by atoms with E-state index in [0.29, 0.717) is 18.3 Å². The number of para-hydroxylation sites is 1. The third-order valence-corrected chi connectivity index (χ3v) is 10.0. The number of aromatic carboxylic acids is 1. The molecule has 1 N–H and O–H groups in total. The van der Waals surface area contributed by atoms with Crippen molar-refractivity contribution in [3.8, 4) is 5.88 Å². The van der Waals surface area contributed by atoms with Crippen LogP contribution in [-0.4, -0.2) is 56.4 Å². The van der Waals surface area contributed by atoms with Crippen molar-refractivity contribution in [3.05, 3.63) is 77.1 Å². The van der Waals surface area contributed by atoms with Crippen LogP contribution in [0.3, 0.4) is 0 Å². The maximum Gasteiger partial charge on any atom is 0.335 e. The summed E-state index contributed by atoms with van der Waals surface area (Å²) in [6, 6.07) is 19.4. The molecule has 0 bridgehead atoms. The Kier molecular flexibility index (Phi) is 8.18. The number of thiazole rings is 1. The highest BCUT2D eigenvalue weighted by Gasteiger charge is 2.25. The number of hydrogen-bond acceptors (Lipinski definition) is 8. The van der Waals surface area contributed by atoms with Gasteiger partial charge in [0.2, 0.25) is 5.88 Å². The summed E-state index contributed by atoms with van der Waals surface area (Å²) in [4.78, 5) is 28.7. The molecule has 0 saturated carbocycles. The van der Waals surface area contributed by atoms with Crippen LogP contribution in [0.15, 0.2) is 60.7 Å². The number of nitrogens with zero attached hydrogens (tertiary/aromatic N) is 5. The second-order valence-corrected chi connectivity index (χ2v) is 12.9. The first-order valence-corrected chi connectivity index (χ1v) is 16.4. The third kappa shape index (κ3) is 6.14. The van der Waals surface area contributed by atoms with Crippen LogP contribution >= 0.6 is 11.3 Å². The minimum Gasteiger partial charge on any atom is -0.478 e. The van der Waals surface area contributed by atoms with E-state index in [-0.39, 0.29) is 17.8 Å². The molecule has 44 heavy (non-hydrogen) atoms. The van der Waals surface area contributed by atoms with Crippen molar-refractivity contribution >= 4 is 44.4 Å². The highest BCUT2D eigenvalue weighted by atomic mass is 32.1. The van der Waals surface area contributed by atoms with E-state index >= 15 is 0 Å². The minimum atomic E-state index is -0.921. The predicted molar refractivity (Wildman–Crippen MR) is 172 cm³/mol. The van der Waals surface area contributed by atoms with E-state index in [1.54, 1.807) is 23.5 Å². The van der Waals surface area contributed by atoms with Gasteiger partial charge in [0.05, 0.1) is 39.5 Å². The molecule has 5 heterocycles. The number of rotatable bonds is 9. The number of benzene rings is 2. The third-order valence-electron chi connectivity index (χ3n) is 8.81. The quantitative estimate of drug-likeness (QED) is 0.192. The Morgan fingerprint density at radius 3 is 2.73 bits per heavy atom. The zero-order chi connectivity index (χ0) is 30.0. The van der Waals surface area contributed by atoms with Crippen molar-refractivity contribution in [2.24, 2.45) is 5.92 Å². The number of imidazole rings is 1. The van der Waals surface area contributed by atoms with E-state index in [2.05, 4.69) is 21.6 Å². The molecule has 2 saturated heterocycles. The molecule has 2 aromatic carbocycles. The Labute approximate surface area is 260 Å². The number of anilines is 1. The zero-order valence-electron chi connectivity index (χ0n) is 24.9. The van der Waals surface area contributed by atoms with E-state index < -0.39 is 5.97 Å². The number of carbonyl (C=O) groups is 1. The number of ether oxygens (including phenoxy) is 2. The summed E-state index contributed by atoms with van der Waals surface area (Å²) in [5, 5.41) is 10.5. The number of fused-ring (bicyclic) bond motifs is 2. The lowest BCUT2D eigenvalue weighted by molar-refractivity contribution is -0.0590. The summed E-state index contributed by atoms with van der Waals surface area (Å²) in [6.45, 7) is 5.39. The van der Waals surface area contributed by atoms with Gasteiger partial charge in [-0.2, -0.15) is 4.98 Å². The van der Waals surface area contributed by atoms with Crippen molar-refractivity contribution in [2.75, 3.05) is 24.6 Å². The van der Waals surface area contributed by atoms with Crippen LogP contribution in [0.4, 0.5) is 5.82 Å². The van der Waals surface area contributed by atoms with Crippen molar-refractivity contribution in [1.29, 1.82) is 0 Å². The van der Waals surface area contributed by atoms with Gasteiger partial charge in [-0.05, 0) is 74.9 Å². The summed E-state index contributed by atoms with van der Waals surface area (Å²) in [5.74, 6) is 2.12. The summed E-state index contributed by atoms with van der Waals surface area (Å²) in [7, 11) is 0. The highest BCUT2D eigenvalue weighted by molar-refractivity contribution is 7.18. The first-order valence-electron chi connectivity index (χ1n) is 15.6. The average molecular weight is 612 g/mol. The van der Waals surface area contributed by atoms with Crippen LogP contribution in [0.1, 0.15) is 66.3 Å². The molecule has 0 spiro atoms. The summed E-state index contributed by atoms with van der Waals surface area (Å²) >= 11 is 1.66. The standard InChI is InChI=1S/C34H37N5O4S/c1-22(33-36-27-8-2-3-9-29(27)44-33)43-32-11-6-10-30(37-32)38-16-5-4-7-23(14-17-38)19-31-35-26-13-12-24(34(40)41)20-28(26)39(31)21-25-15-18-42-25/h2-3,6,8-13,20,22-23,25H,4-5,7,14-19,21H2,1H3,(H,40,41)/t22-,23?,25+/m1/s1. The number of carboxylic acids is 1. The molecule has 228 valence electrons. The smallest absolute Gasteiger partial charge is 0.335 e. The molecule has 5 aromatic rings. The van der Waals surface area contributed by atoms with Gasteiger partial charge in [-0.15, -0.1) is 11.3 Å². The minimum absolute atomic E-state index is 0.158. The highest BCUT2D eigenvalue weighted by Crippen LogP contribution is 2.31. The van der Waals surface area contributed by atoms with Gasteiger partial charge in [-0.1, -0.05) is 24.6 Å². The summed E-state index contributed by atoms with van der Waals surface area (Å²) in [6.07, 6.45) is 6.25. The molecule has 3 aromatic heterocycles. The average Bonchev–Trinajstić information content (AvgIpc) is 3.57. The van der Waals surface area contributed by atoms with Crippen LogP contribution in [0.25, 0.3) is 21.3 Å². The monoisotopic (exact) mass is 611 g/mol. The fraction of sp³-hybridized carbons (Fsp3) is 0.412. The molecule has 10 heteroatoms. The van der Waals surface area contributed by atoms with Gasteiger partial charge in [0, 0.05) is 32.2 Å². The predicted octanol–water partition coefficient (Wildman–Crippen LogP) is 6.91. The molecule has 0 radical (unpaired) electrons. The van der Waals surface area contributed by atoms with Gasteiger partial charge in [-0.25, -0.2) is 14.8 Å². The molecule has 2 aliphatic heterocycles. The van der Waals surface area contributed by atoms with Gasteiger partial charge in [0.1, 0.15) is 22.8 Å². The zero-order valence-corrected chi connectivity index (χ0v) is 25.7. The first kappa shape index (κ1) is 28.7. The maximum atomic E-state index is 11.7. The fourth-order valence-electron chi connectivity index (χ4n) is 6.26. The second-order valence-electron chi connectivity index (χ2n) is 11.9. The molecule has 9 nitrogen and oxygen atoms in total. The van der Waals surface area contributed by atoms with Crippen molar-refractivity contribution < 1.29 is 19.4 Å². The molecule has 2 aliphatic rings. The van der Waals surface area contributed by atoms with Gasteiger partial charge in [0.15, 0.2) is 0 Å². The lowest BCUT2D eigenvalue weighted by Crippen LogP contribution is -2.32. The molecule has 0 aliphatic carbocycles. The molecule has 3 atom stereocenters. The van der Waals surface area contributed by atoms with E-state index in [4.69, 9.17) is 24.4 Å². The SMILES string of the molecule is C[C@@H](Oc1cccc(N2CCCCC(Cc3nc4ccc(C(=O)O)cc4n3C[C@@H]3CCO3)CC2)n1)c1nc2ccccc2s1. The van der Waals surface area contributed by atoms with Gasteiger partial charge in [0.25, 0.3) is 0 Å². The Hall–Kier alpha value is -4.02. The second kappa shape index (κ2) is 12.5. The number of pyridine rings is 1. The van der Waals surface area contributed by atoms with Crippen molar-refractivity contribution in [1.82, 2.24) is 19.5 Å². The molecule has 1 unspecified atom stereocenters. The Balaban J connectivity index is 1.05.